The van der Waals surface area contributed by atoms with Crippen LogP contribution in [0.4, 0.5) is 18.9 Å². The number of benzene rings is 3. The molecule has 0 spiro atoms. The molecule has 12 nitrogen and oxygen atoms in total. The fourth-order valence-corrected chi connectivity index (χ4v) is 7.74. The molecule has 3 amide bonds. The second-order valence-electron chi connectivity index (χ2n) is 14.8. The standard InChI is InChI=1S/C43H43F3N6O6/c1-51(21-7-3-4-10-27-11-5-6-14-34(27)58-35-15-8-12-30-38(35)41(55)49-42(56)39(30)53)24-26-17-19-29(20-18-26)52-25-28-22-33(36(57-2)23-32(28)50-52)48-40(54)31-13-9-16-37(47-31)43(44,45)46/h5-6,8-9,11-16,22-23,25-26,29H,3-4,7,10,17-21,24H2,1-2H3,(H,48,54)(H,49,55,56). The molecule has 2 aromatic heterocycles. The Morgan fingerprint density at radius 3 is 2.45 bits per heavy atom. The summed E-state index contributed by atoms with van der Waals surface area (Å²) in [6.07, 6.45) is 5.14. The molecular formula is C43H43F3N6O6. The van der Waals surface area contributed by atoms with Crippen LogP contribution in [-0.2, 0) is 17.4 Å². The minimum Gasteiger partial charge on any atom is -0.494 e. The lowest BCUT2D eigenvalue weighted by molar-refractivity contribution is -0.141. The SMILES string of the molecule is COc1cc2nn(C3CCC(CN(C)CCCCCc4ccccc4Oc4cccc5c4C(=O)NC(=O)C5=O)CC3)cc2cc1NC(=O)c1cccc(C(F)(F)F)n1. The van der Waals surface area contributed by atoms with Gasteiger partial charge < -0.3 is 19.7 Å². The number of nitrogens with one attached hydrogen (secondary N) is 2. The molecule has 2 N–H and O–H groups in total. The number of ketones is 1. The van der Waals surface area contributed by atoms with Gasteiger partial charge in [-0.3, -0.25) is 29.2 Å². The van der Waals surface area contributed by atoms with Crippen LogP contribution in [0.25, 0.3) is 10.9 Å². The first-order valence-corrected chi connectivity index (χ1v) is 19.3. The van der Waals surface area contributed by atoms with Crippen molar-refractivity contribution < 1.29 is 41.8 Å². The van der Waals surface area contributed by atoms with Gasteiger partial charge in [0.25, 0.3) is 23.5 Å². The van der Waals surface area contributed by atoms with Gasteiger partial charge in [-0.1, -0.05) is 36.8 Å². The number of anilines is 1. The van der Waals surface area contributed by atoms with Gasteiger partial charge in [0.2, 0.25) is 0 Å². The Kier molecular flexibility index (Phi) is 11.9. The largest absolute Gasteiger partial charge is 0.494 e. The van der Waals surface area contributed by atoms with Crippen molar-refractivity contribution in [3.8, 4) is 17.2 Å². The number of carbonyl (C=O) groups is 4. The molecule has 3 aromatic carbocycles. The number of carbonyl (C=O) groups excluding carboxylic acids is 4. The zero-order valence-corrected chi connectivity index (χ0v) is 32.1. The second kappa shape index (κ2) is 17.2. The average molecular weight is 797 g/mol. The fraction of sp³-hybridized carbons (Fsp3) is 0.349. The fourth-order valence-electron chi connectivity index (χ4n) is 7.74. The predicted molar refractivity (Wildman–Crippen MR) is 209 cm³/mol. The highest BCUT2D eigenvalue weighted by molar-refractivity contribution is 6.49. The number of alkyl halides is 3. The Balaban J connectivity index is 0.865. The highest BCUT2D eigenvalue weighted by Crippen LogP contribution is 2.36. The van der Waals surface area contributed by atoms with Crippen LogP contribution in [0.3, 0.4) is 0 Å². The van der Waals surface area contributed by atoms with Crippen LogP contribution >= 0.6 is 0 Å². The lowest BCUT2D eigenvalue weighted by Crippen LogP contribution is -2.42. The first-order chi connectivity index (χ1) is 27.9. The summed E-state index contributed by atoms with van der Waals surface area (Å²) in [6.45, 7) is 1.99. The maximum atomic E-state index is 13.2. The van der Waals surface area contributed by atoms with Crippen LogP contribution < -0.4 is 20.1 Å². The molecule has 15 heteroatoms. The van der Waals surface area contributed by atoms with E-state index in [0.717, 1.165) is 87.5 Å². The molecule has 3 heterocycles. The quantitative estimate of drug-likeness (QED) is 0.0648. The normalized spacial score (nSPS) is 17.0. The minimum atomic E-state index is -4.67. The lowest BCUT2D eigenvalue weighted by atomic mass is 9.86. The van der Waals surface area contributed by atoms with Gasteiger partial charge in [-0.2, -0.15) is 18.3 Å². The molecule has 0 saturated heterocycles. The summed E-state index contributed by atoms with van der Waals surface area (Å²) in [5.74, 6) is -1.40. The number of aryl methyl sites for hydroxylation is 1. The van der Waals surface area contributed by atoms with E-state index in [-0.39, 0.29) is 28.6 Å². The molecule has 302 valence electrons. The average Bonchev–Trinajstić information content (AvgIpc) is 3.63. The molecule has 0 bridgehead atoms. The Morgan fingerprint density at radius 2 is 1.67 bits per heavy atom. The van der Waals surface area contributed by atoms with Crippen molar-refractivity contribution in [2.75, 3.05) is 32.6 Å². The number of Topliss-reactive ketones (excluding diaryl/α,β-unsaturated/α-hetero) is 1. The van der Waals surface area contributed by atoms with E-state index in [9.17, 15) is 32.3 Å². The van der Waals surface area contributed by atoms with Crippen LogP contribution in [0.2, 0.25) is 0 Å². The number of fused-ring (bicyclic) bond motifs is 2. The Labute approximate surface area is 332 Å². The van der Waals surface area contributed by atoms with Gasteiger partial charge in [0.05, 0.1) is 29.9 Å². The number of unbranched alkanes of at least 4 members (excludes halogenated alkanes) is 2. The number of ether oxygens (including phenoxy) is 2. The van der Waals surface area contributed by atoms with Crippen LogP contribution in [-0.4, -0.2) is 70.4 Å². The molecule has 0 unspecified atom stereocenters. The van der Waals surface area contributed by atoms with Crippen molar-refractivity contribution in [2.45, 2.75) is 63.6 Å². The second-order valence-corrected chi connectivity index (χ2v) is 14.8. The third-order valence-corrected chi connectivity index (χ3v) is 10.7. The van der Waals surface area contributed by atoms with Crippen molar-refractivity contribution in [1.82, 2.24) is 25.0 Å². The molecular weight excluding hydrogens is 754 g/mol. The third-order valence-electron chi connectivity index (χ3n) is 10.7. The van der Waals surface area contributed by atoms with Crippen LogP contribution in [0, 0.1) is 5.92 Å². The molecule has 2 aliphatic rings. The van der Waals surface area contributed by atoms with Gasteiger partial charge in [0.1, 0.15) is 28.6 Å². The van der Waals surface area contributed by atoms with E-state index < -0.39 is 35.4 Å². The van der Waals surface area contributed by atoms with E-state index in [2.05, 4.69) is 27.6 Å². The number of hydrogen-bond acceptors (Lipinski definition) is 9. The minimum absolute atomic E-state index is 0.0382. The number of para-hydroxylation sites is 1. The lowest BCUT2D eigenvalue weighted by Gasteiger charge is -2.31. The van der Waals surface area contributed by atoms with E-state index in [1.165, 1.54) is 19.2 Å². The molecule has 1 aliphatic heterocycles. The van der Waals surface area contributed by atoms with Crippen LogP contribution in [0.15, 0.2) is 79.0 Å². The predicted octanol–water partition coefficient (Wildman–Crippen LogP) is 8.03. The number of rotatable bonds is 14. The van der Waals surface area contributed by atoms with E-state index >= 15 is 0 Å². The van der Waals surface area contributed by atoms with Gasteiger partial charge in [0.15, 0.2) is 0 Å². The van der Waals surface area contributed by atoms with Gasteiger partial charge >= 0.3 is 6.18 Å². The third kappa shape index (κ3) is 9.04. The number of amides is 3. The molecule has 58 heavy (non-hydrogen) atoms. The number of nitrogens with zero attached hydrogens (tertiary/aromatic N) is 4. The number of methoxy groups -OCH3 is 1. The van der Waals surface area contributed by atoms with Gasteiger partial charge in [-0.25, -0.2) is 4.98 Å². The Hall–Kier alpha value is -6.09. The number of aromatic nitrogens is 3. The number of halogens is 3. The maximum absolute atomic E-state index is 13.2. The highest BCUT2D eigenvalue weighted by atomic mass is 19.4. The monoisotopic (exact) mass is 796 g/mol. The number of pyridine rings is 1. The van der Waals surface area contributed by atoms with Crippen LogP contribution in [0.1, 0.15) is 93.4 Å². The maximum Gasteiger partial charge on any atom is 0.433 e. The number of imide groups is 1. The summed E-state index contributed by atoms with van der Waals surface area (Å²) in [4.78, 5) is 55.5. The van der Waals surface area contributed by atoms with Crippen molar-refractivity contribution in [3.05, 3.63) is 107 Å². The molecule has 7 rings (SSSR count). The first kappa shape index (κ1) is 40.1. The molecule has 1 aliphatic carbocycles. The smallest absolute Gasteiger partial charge is 0.433 e. The van der Waals surface area contributed by atoms with Crippen molar-refractivity contribution in [1.29, 1.82) is 0 Å². The summed E-state index contributed by atoms with van der Waals surface area (Å²) in [5.41, 5.74) is 0.584. The Bertz CT molecular complexity index is 2350. The van der Waals surface area contributed by atoms with Crippen LogP contribution in [0.5, 0.6) is 17.2 Å². The zero-order valence-electron chi connectivity index (χ0n) is 32.1. The highest BCUT2D eigenvalue weighted by Gasteiger charge is 2.34. The van der Waals surface area contributed by atoms with Gasteiger partial charge in [0, 0.05) is 29.8 Å². The van der Waals surface area contributed by atoms with Gasteiger partial charge in [-0.05, 0) is 106 Å². The summed E-state index contributed by atoms with van der Waals surface area (Å²) in [5, 5.41) is 10.3. The molecule has 0 atom stereocenters. The van der Waals surface area contributed by atoms with E-state index in [0.29, 0.717) is 28.6 Å². The first-order valence-electron chi connectivity index (χ1n) is 19.3. The summed E-state index contributed by atoms with van der Waals surface area (Å²) in [7, 11) is 3.61. The topological polar surface area (TPSA) is 145 Å². The van der Waals surface area contributed by atoms with E-state index in [4.69, 9.17) is 14.6 Å². The van der Waals surface area contributed by atoms with Crippen molar-refractivity contribution in [2.24, 2.45) is 5.92 Å². The van der Waals surface area contributed by atoms with E-state index in [1.807, 2.05) is 35.1 Å². The molecule has 1 fully saturated rings. The summed E-state index contributed by atoms with van der Waals surface area (Å²) < 4.78 is 53.1. The van der Waals surface area contributed by atoms with Crippen molar-refractivity contribution in [3.63, 3.8) is 0 Å². The summed E-state index contributed by atoms with van der Waals surface area (Å²) in [6, 6.07) is 19.1. The van der Waals surface area contributed by atoms with Crippen molar-refractivity contribution >= 4 is 40.1 Å². The zero-order chi connectivity index (χ0) is 41.0. The number of hydrogen-bond donors (Lipinski definition) is 2. The molecule has 1 saturated carbocycles. The van der Waals surface area contributed by atoms with Gasteiger partial charge in [-0.15, -0.1) is 0 Å². The molecule has 0 radical (unpaired) electrons. The summed E-state index contributed by atoms with van der Waals surface area (Å²) >= 11 is 0. The Morgan fingerprint density at radius 1 is 0.914 bits per heavy atom. The molecule has 5 aromatic rings. The van der Waals surface area contributed by atoms with E-state index in [1.54, 1.807) is 24.3 Å².